The molecule has 2 aromatic rings. The van der Waals surface area contributed by atoms with E-state index in [0.717, 1.165) is 7.40 Å². The Labute approximate surface area is 139 Å². The summed E-state index contributed by atoms with van der Waals surface area (Å²) < 4.78 is 12.8. The summed E-state index contributed by atoms with van der Waals surface area (Å²) in [5.41, 5.74) is 11.9. The van der Waals surface area contributed by atoms with Gasteiger partial charge in [0.25, 0.3) is 0 Å². The van der Waals surface area contributed by atoms with Crippen LogP contribution in [0.4, 0.5) is 11.5 Å². The van der Waals surface area contributed by atoms with Crippen LogP contribution in [0.15, 0.2) is 18.3 Å². The van der Waals surface area contributed by atoms with E-state index in [1.807, 2.05) is 6.07 Å². The van der Waals surface area contributed by atoms with Crippen LogP contribution in [0.1, 0.15) is 0 Å². The van der Waals surface area contributed by atoms with E-state index >= 15 is 0 Å². The van der Waals surface area contributed by atoms with Crippen LogP contribution in [0.5, 0.6) is 11.8 Å². The van der Waals surface area contributed by atoms with Gasteiger partial charge in [-0.3, -0.25) is 0 Å². The Hall–Kier alpha value is -1.11. The predicted octanol–water partition coefficient (Wildman–Crippen LogP) is -2.06. The number of hydrogen-bond acceptors (Lipinski definition) is 7. The van der Waals surface area contributed by atoms with Crippen LogP contribution in [-0.4, -0.2) is 26.7 Å². The van der Waals surface area contributed by atoms with Gasteiger partial charge in [-0.1, -0.05) is 0 Å². The summed E-state index contributed by atoms with van der Waals surface area (Å²) in [6.45, 7) is 0. The van der Waals surface area contributed by atoms with E-state index in [0.29, 0.717) is 22.1 Å². The maximum absolute atomic E-state index is 5.71. The number of alkyl halides is 1. The molecule has 0 radical (unpaired) electrons. The van der Waals surface area contributed by atoms with E-state index in [1.54, 1.807) is 19.4 Å². The molecule has 2 aromatic heterocycles. The molecule has 0 aliphatic carbocycles. The second kappa shape index (κ2) is 7.06. The maximum atomic E-state index is 5.71. The van der Waals surface area contributed by atoms with Crippen LogP contribution in [0, 0.1) is 7.40 Å². The number of methoxy groups -OCH3 is 1. The third-order valence-electron chi connectivity index (χ3n) is 2.17. The Bertz CT molecular complexity index is 611. The van der Waals surface area contributed by atoms with Crippen LogP contribution in [-0.2, 0) is 0 Å². The Kier molecular flexibility index (Phi) is 5.39. The van der Waals surface area contributed by atoms with Gasteiger partial charge in [-0.25, -0.2) is 0 Å². The number of anilines is 2. The topological polar surface area (TPSA) is 109 Å². The summed E-state index contributed by atoms with van der Waals surface area (Å²) in [5.74, 6) is 1.09. The molecule has 0 spiro atoms. The van der Waals surface area contributed by atoms with Gasteiger partial charge in [0, 0.05) is 0 Å². The molecule has 0 bridgehead atoms. The van der Waals surface area contributed by atoms with Gasteiger partial charge in [0.1, 0.15) is 0 Å². The van der Waals surface area contributed by atoms with Gasteiger partial charge < -0.3 is 0 Å². The van der Waals surface area contributed by atoms with Crippen molar-refractivity contribution >= 4 is 34.1 Å². The molecule has 0 aromatic carbocycles. The second-order valence-corrected chi connectivity index (χ2v) is 7.10. The molecule has 0 aliphatic heterocycles. The molecule has 108 valence electrons. The molecule has 0 saturated carbocycles. The standard InChI is InChI=1S/C11H12I2N5O2/c1-19-10-6(14)2-3-8(18-10)13-5-20-11-9(15)16-4-7(12)17-11/h2-4H,5,14H2,1H3,(H2,15,16)/q-1. The van der Waals surface area contributed by atoms with Crippen molar-refractivity contribution in [3.05, 3.63) is 25.7 Å². The normalized spacial score (nSPS) is 10.5. The van der Waals surface area contributed by atoms with Crippen molar-refractivity contribution in [3.8, 4) is 11.8 Å². The molecule has 0 amide bonds. The van der Waals surface area contributed by atoms with Gasteiger partial charge in [0.2, 0.25) is 0 Å². The molecule has 2 heterocycles. The molecule has 7 nitrogen and oxygen atoms in total. The zero-order valence-corrected chi connectivity index (χ0v) is 14.8. The number of nitrogen functional groups attached to an aromatic ring is 2. The van der Waals surface area contributed by atoms with Crippen molar-refractivity contribution in [1.82, 2.24) is 15.0 Å². The first-order chi connectivity index (χ1) is 9.60. The molecular weight excluding hydrogens is 488 g/mol. The minimum absolute atomic E-state index is 0.289. The number of pyridine rings is 1. The van der Waals surface area contributed by atoms with Gasteiger partial charge >= 0.3 is 140 Å². The molecule has 2 rings (SSSR count). The number of nitrogens with two attached hydrogens (primary N) is 2. The van der Waals surface area contributed by atoms with Crippen LogP contribution < -0.4 is 42.1 Å². The molecule has 4 N–H and O–H groups in total. The summed E-state index contributed by atoms with van der Waals surface area (Å²) >= 11 is 1.60. The zero-order valence-electron chi connectivity index (χ0n) is 10.5. The third-order valence-corrected chi connectivity index (χ3v) is 4.69. The summed E-state index contributed by atoms with van der Waals surface area (Å²) in [5, 5.41) is 0. The summed E-state index contributed by atoms with van der Waals surface area (Å²) in [7, 11) is 1.54. The molecule has 9 heteroatoms. The number of rotatable bonds is 5. The number of nitrogens with zero attached hydrogens (tertiary/aromatic N) is 3. The quantitative estimate of drug-likeness (QED) is 0.277. The first-order valence-electron chi connectivity index (χ1n) is 5.40. The summed E-state index contributed by atoms with van der Waals surface area (Å²) in [6.07, 6.45) is 1.59. The van der Waals surface area contributed by atoms with E-state index in [1.165, 1.54) is 0 Å². The monoisotopic (exact) mass is 500 g/mol. The van der Waals surface area contributed by atoms with E-state index in [-0.39, 0.29) is 5.82 Å². The Morgan fingerprint density at radius 2 is 2.05 bits per heavy atom. The van der Waals surface area contributed by atoms with Crippen LogP contribution >= 0.6 is 22.6 Å². The average Bonchev–Trinajstić information content (AvgIpc) is 2.44. The number of aromatic nitrogens is 3. The van der Waals surface area contributed by atoms with Crippen LogP contribution in [0.3, 0.4) is 0 Å². The van der Waals surface area contributed by atoms with E-state index < -0.39 is 21.2 Å². The number of halogens is 2. The van der Waals surface area contributed by atoms with Crippen molar-refractivity contribution in [2.24, 2.45) is 0 Å². The fraction of sp³-hybridized carbons (Fsp3) is 0.182. The molecule has 0 saturated heterocycles. The van der Waals surface area contributed by atoms with Gasteiger partial charge in [-0.05, 0) is 0 Å². The van der Waals surface area contributed by atoms with Crippen molar-refractivity contribution in [2.45, 2.75) is 0 Å². The Balaban J connectivity index is 1.97. The Morgan fingerprint density at radius 1 is 1.25 bits per heavy atom. The Morgan fingerprint density at radius 3 is 2.80 bits per heavy atom. The van der Waals surface area contributed by atoms with Crippen molar-refractivity contribution in [3.63, 3.8) is 0 Å². The van der Waals surface area contributed by atoms with Crippen LogP contribution in [0.2, 0.25) is 0 Å². The number of hydrogen-bond donors (Lipinski definition) is 2. The molecule has 0 atom stereocenters. The second-order valence-electron chi connectivity index (χ2n) is 3.50. The predicted molar refractivity (Wildman–Crippen MR) is 78.6 cm³/mol. The average molecular weight is 500 g/mol. The van der Waals surface area contributed by atoms with E-state index in [2.05, 4.69) is 37.5 Å². The molecule has 0 fully saturated rings. The molecule has 0 unspecified atom stereocenters. The summed E-state index contributed by atoms with van der Waals surface area (Å²) in [4.78, 5) is 12.5. The van der Waals surface area contributed by atoms with Crippen LogP contribution in [0.25, 0.3) is 0 Å². The zero-order chi connectivity index (χ0) is 14.5. The SMILES string of the molecule is COc1nc([I-]COc2nc(I)cnc2N)ccc1N. The first kappa shape index (κ1) is 15.3. The van der Waals surface area contributed by atoms with Gasteiger partial charge in [-0.15, -0.1) is 0 Å². The van der Waals surface area contributed by atoms with E-state index in [4.69, 9.17) is 20.9 Å². The fourth-order valence-corrected chi connectivity index (χ4v) is 3.22. The fourth-order valence-electron chi connectivity index (χ4n) is 1.27. The van der Waals surface area contributed by atoms with Crippen molar-refractivity contribution in [1.29, 1.82) is 0 Å². The minimum atomic E-state index is -0.452. The van der Waals surface area contributed by atoms with Gasteiger partial charge in [-0.2, -0.15) is 0 Å². The first-order valence-corrected chi connectivity index (χ1v) is 9.09. The molecular formula is C11H12I2N5O2-. The van der Waals surface area contributed by atoms with Crippen molar-refractivity contribution in [2.75, 3.05) is 23.2 Å². The van der Waals surface area contributed by atoms with Gasteiger partial charge in [0.05, 0.1) is 0 Å². The molecule has 0 aliphatic rings. The van der Waals surface area contributed by atoms with Gasteiger partial charge in [0.15, 0.2) is 0 Å². The van der Waals surface area contributed by atoms with E-state index in [9.17, 15) is 0 Å². The molecule has 20 heavy (non-hydrogen) atoms. The summed E-state index contributed by atoms with van der Waals surface area (Å²) in [6, 6.07) is 3.65. The van der Waals surface area contributed by atoms with Crippen molar-refractivity contribution < 1.29 is 30.7 Å². The third kappa shape index (κ3) is 3.94. The number of ether oxygens (including phenoxy) is 2.